The highest BCUT2D eigenvalue weighted by Crippen LogP contribution is 2.28. The van der Waals surface area contributed by atoms with E-state index in [9.17, 15) is 0 Å². The van der Waals surface area contributed by atoms with E-state index in [4.69, 9.17) is 23.8 Å². The van der Waals surface area contributed by atoms with Gasteiger partial charge in [-0.15, -0.1) is 0 Å². The Hall–Kier alpha value is -1.58. The molecule has 0 bridgehead atoms. The largest absolute Gasteiger partial charge is 0.332 e. The van der Waals surface area contributed by atoms with Gasteiger partial charge in [-0.3, -0.25) is 0 Å². The molecule has 0 aromatic heterocycles. The van der Waals surface area contributed by atoms with Gasteiger partial charge in [-0.25, -0.2) is 0 Å². The molecular weight excluding hydrogens is 312 g/mol. The molecule has 2 N–H and O–H groups in total. The molecule has 0 unspecified atom stereocenters. The lowest BCUT2D eigenvalue weighted by Crippen LogP contribution is -2.20. The van der Waals surface area contributed by atoms with Crippen molar-refractivity contribution in [3.05, 3.63) is 58.1 Å². The number of anilines is 2. The van der Waals surface area contributed by atoms with Crippen LogP contribution in [-0.2, 0) is 12.8 Å². The summed E-state index contributed by atoms with van der Waals surface area (Å²) in [6.45, 7) is 1.99. The van der Waals surface area contributed by atoms with Crippen molar-refractivity contribution in [1.82, 2.24) is 0 Å². The van der Waals surface area contributed by atoms with Crippen LogP contribution in [0.15, 0.2) is 36.4 Å². The van der Waals surface area contributed by atoms with Gasteiger partial charge in [0.2, 0.25) is 0 Å². The van der Waals surface area contributed by atoms with Gasteiger partial charge in [0.15, 0.2) is 5.11 Å². The molecule has 0 saturated heterocycles. The third-order valence-electron chi connectivity index (χ3n) is 4.07. The fourth-order valence-electron chi connectivity index (χ4n) is 2.85. The molecule has 3 rings (SSSR count). The third-order valence-corrected chi connectivity index (χ3v) is 4.69. The molecule has 0 heterocycles. The minimum Gasteiger partial charge on any atom is -0.332 e. The minimum absolute atomic E-state index is 0.596. The van der Waals surface area contributed by atoms with E-state index < -0.39 is 0 Å². The Labute approximate surface area is 141 Å². The van der Waals surface area contributed by atoms with Gasteiger partial charge in [0.1, 0.15) is 0 Å². The molecule has 1 aliphatic carbocycles. The van der Waals surface area contributed by atoms with Crippen LogP contribution in [0.25, 0.3) is 0 Å². The Bertz CT molecular complexity index is 712. The first-order chi connectivity index (χ1) is 10.6. The van der Waals surface area contributed by atoms with E-state index in [1.54, 1.807) is 0 Å². The Morgan fingerprint density at radius 1 is 1.09 bits per heavy atom. The minimum atomic E-state index is 0.596. The van der Waals surface area contributed by atoms with Crippen LogP contribution in [0, 0.1) is 6.92 Å². The van der Waals surface area contributed by atoms with E-state index in [0.717, 1.165) is 28.4 Å². The third kappa shape index (κ3) is 3.42. The number of thiocarbonyl (C=S) groups is 1. The number of nitrogens with one attached hydrogen (secondary N) is 2. The zero-order chi connectivity index (χ0) is 15.5. The van der Waals surface area contributed by atoms with Crippen molar-refractivity contribution >= 4 is 40.3 Å². The van der Waals surface area contributed by atoms with Crippen LogP contribution in [0.2, 0.25) is 5.02 Å². The first-order valence-electron chi connectivity index (χ1n) is 7.58. The van der Waals surface area contributed by atoms with Gasteiger partial charge in [0.05, 0.1) is 0 Å². The van der Waals surface area contributed by atoms with Crippen LogP contribution in [0.1, 0.15) is 29.5 Å². The summed E-state index contributed by atoms with van der Waals surface area (Å²) < 4.78 is 0. The maximum Gasteiger partial charge on any atom is 0.175 e. The molecule has 22 heavy (non-hydrogen) atoms. The molecule has 0 saturated carbocycles. The number of aryl methyl sites for hydroxylation is 2. The number of benzene rings is 2. The molecule has 0 radical (unpaired) electrons. The average molecular weight is 331 g/mol. The molecule has 0 aliphatic heterocycles. The highest BCUT2D eigenvalue weighted by Gasteiger charge is 2.13. The zero-order valence-corrected chi connectivity index (χ0v) is 14.2. The molecule has 1 aliphatic rings. The molecule has 0 atom stereocenters. The first-order valence-corrected chi connectivity index (χ1v) is 8.37. The lowest BCUT2D eigenvalue weighted by molar-refractivity contribution is 0.687. The second kappa shape index (κ2) is 6.67. The first kappa shape index (κ1) is 15.3. The molecule has 0 amide bonds. The maximum atomic E-state index is 6.15. The number of fused-ring (bicyclic) bond motifs is 1. The quantitative estimate of drug-likeness (QED) is 0.727. The SMILES string of the molecule is Cc1ccc(NC(=S)Nc2cccc3c2CCCC3)cc1Cl. The lowest BCUT2D eigenvalue weighted by atomic mass is 9.90. The number of hydrogen-bond acceptors (Lipinski definition) is 1. The summed E-state index contributed by atoms with van der Waals surface area (Å²) in [5.74, 6) is 0. The summed E-state index contributed by atoms with van der Waals surface area (Å²) in [5.41, 5.74) is 5.92. The van der Waals surface area contributed by atoms with Crippen molar-refractivity contribution < 1.29 is 0 Å². The Balaban J connectivity index is 1.73. The molecule has 0 fully saturated rings. The molecule has 4 heteroatoms. The summed E-state index contributed by atoms with van der Waals surface area (Å²) in [7, 11) is 0. The fourth-order valence-corrected chi connectivity index (χ4v) is 3.26. The van der Waals surface area contributed by atoms with Gasteiger partial charge >= 0.3 is 0 Å². The highest BCUT2D eigenvalue weighted by molar-refractivity contribution is 7.80. The van der Waals surface area contributed by atoms with Crippen LogP contribution in [0.3, 0.4) is 0 Å². The van der Waals surface area contributed by atoms with Crippen LogP contribution in [0.5, 0.6) is 0 Å². The van der Waals surface area contributed by atoms with Crippen molar-refractivity contribution in [3.8, 4) is 0 Å². The van der Waals surface area contributed by atoms with Gasteiger partial charge in [-0.1, -0.05) is 29.8 Å². The summed E-state index contributed by atoms with van der Waals surface area (Å²) in [4.78, 5) is 0. The zero-order valence-electron chi connectivity index (χ0n) is 12.6. The Morgan fingerprint density at radius 2 is 1.91 bits per heavy atom. The van der Waals surface area contributed by atoms with Crippen molar-refractivity contribution in [2.24, 2.45) is 0 Å². The van der Waals surface area contributed by atoms with Crippen LogP contribution in [-0.4, -0.2) is 5.11 Å². The van der Waals surface area contributed by atoms with Crippen LogP contribution in [0.4, 0.5) is 11.4 Å². The molecule has 2 aromatic rings. The van der Waals surface area contributed by atoms with E-state index >= 15 is 0 Å². The van der Waals surface area contributed by atoms with E-state index in [1.165, 1.54) is 30.4 Å². The van der Waals surface area contributed by atoms with Crippen LogP contribution >= 0.6 is 23.8 Å². The van der Waals surface area contributed by atoms with E-state index in [0.29, 0.717) is 5.11 Å². The molecule has 0 spiro atoms. The number of halogens is 1. The highest BCUT2D eigenvalue weighted by atomic mass is 35.5. The summed E-state index contributed by atoms with van der Waals surface area (Å²) in [5, 5.41) is 7.87. The van der Waals surface area contributed by atoms with Crippen molar-refractivity contribution in [3.63, 3.8) is 0 Å². The van der Waals surface area contributed by atoms with Gasteiger partial charge in [0.25, 0.3) is 0 Å². The van der Waals surface area contributed by atoms with Crippen molar-refractivity contribution in [2.45, 2.75) is 32.6 Å². The Morgan fingerprint density at radius 3 is 2.73 bits per heavy atom. The number of rotatable bonds is 2. The molecule has 2 nitrogen and oxygen atoms in total. The smallest absolute Gasteiger partial charge is 0.175 e. The van der Waals surface area contributed by atoms with Gasteiger partial charge in [-0.05, 0) is 79.7 Å². The normalized spacial score (nSPS) is 13.4. The van der Waals surface area contributed by atoms with E-state index in [-0.39, 0.29) is 0 Å². The Kier molecular flexibility index (Phi) is 4.65. The second-order valence-corrected chi connectivity index (χ2v) is 6.51. The maximum absolute atomic E-state index is 6.15. The van der Waals surface area contributed by atoms with Gasteiger partial charge in [-0.2, -0.15) is 0 Å². The fraction of sp³-hybridized carbons (Fsp3) is 0.278. The second-order valence-electron chi connectivity index (χ2n) is 5.69. The number of hydrogen-bond donors (Lipinski definition) is 2. The summed E-state index contributed by atoms with van der Waals surface area (Å²) in [6, 6.07) is 12.3. The monoisotopic (exact) mass is 330 g/mol. The van der Waals surface area contributed by atoms with Crippen molar-refractivity contribution in [1.29, 1.82) is 0 Å². The molecule has 2 aromatic carbocycles. The van der Waals surface area contributed by atoms with E-state index in [2.05, 4.69) is 28.8 Å². The summed E-state index contributed by atoms with van der Waals surface area (Å²) >= 11 is 11.6. The molecular formula is C18H19ClN2S. The standard InChI is InChI=1S/C18H19ClN2S/c1-12-9-10-14(11-16(12)19)20-18(22)21-17-8-4-6-13-5-2-3-7-15(13)17/h4,6,8-11H,2-3,5,7H2,1H3,(H2,20,21,22). The predicted molar refractivity (Wildman–Crippen MR) is 99.1 cm³/mol. The molecule has 114 valence electrons. The van der Waals surface area contributed by atoms with Crippen molar-refractivity contribution in [2.75, 3.05) is 10.6 Å². The van der Waals surface area contributed by atoms with E-state index in [1.807, 2.05) is 25.1 Å². The lowest BCUT2D eigenvalue weighted by Gasteiger charge is -2.20. The average Bonchev–Trinajstić information content (AvgIpc) is 2.51. The predicted octanol–water partition coefficient (Wildman–Crippen LogP) is 5.34. The van der Waals surface area contributed by atoms with Gasteiger partial charge < -0.3 is 10.6 Å². The summed E-state index contributed by atoms with van der Waals surface area (Å²) in [6.07, 6.45) is 4.82. The van der Waals surface area contributed by atoms with Crippen LogP contribution < -0.4 is 10.6 Å². The van der Waals surface area contributed by atoms with Gasteiger partial charge in [0, 0.05) is 16.4 Å². The topological polar surface area (TPSA) is 24.1 Å².